The van der Waals surface area contributed by atoms with Gasteiger partial charge in [-0.2, -0.15) is 13.2 Å². The number of benzene rings is 2. The van der Waals surface area contributed by atoms with Crippen molar-refractivity contribution in [3.05, 3.63) is 54.1 Å². The Balaban J connectivity index is 1.51. The van der Waals surface area contributed by atoms with Gasteiger partial charge >= 0.3 is 6.18 Å². The molecule has 4 atom stereocenters. The zero-order valence-corrected chi connectivity index (χ0v) is 18.6. The van der Waals surface area contributed by atoms with Gasteiger partial charge in [-0.05, 0) is 36.8 Å². The number of anilines is 1. The second kappa shape index (κ2) is 9.43. The molecule has 2 aliphatic heterocycles. The maximum Gasteiger partial charge on any atom is 0.405 e. The predicted octanol–water partition coefficient (Wildman–Crippen LogP) is 2.55. The lowest BCUT2D eigenvalue weighted by Gasteiger charge is -2.37. The van der Waals surface area contributed by atoms with Crippen LogP contribution in [0.2, 0.25) is 0 Å². The van der Waals surface area contributed by atoms with Crippen LogP contribution in [0, 0.1) is 0 Å². The van der Waals surface area contributed by atoms with Crippen molar-refractivity contribution in [1.82, 2.24) is 5.32 Å². The normalized spacial score (nSPS) is 24.0. The number of hydrogen-bond donors (Lipinski definition) is 3. The molecule has 8 nitrogen and oxygen atoms in total. The highest BCUT2D eigenvalue weighted by Gasteiger charge is 2.46. The Morgan fingerprint density at radius 2 is 1.88 bits per heavy atom. The average molecular weight is 500 g/mol. The Morgan fingerprint density at radius 1 is 1.15 bits per heavy atom. The molecule has 2 aromatic carbocycles. The number of alkyl halides is 3. The highest BCUT2D eigenvalue weighted by atomic mass is 32.2. The molecular formula is C22H23F3N2O6S. The maximum atomic E-state index is 12.7. The van der Waals surface area contributed by atoms with Crippen LogP contribution in [-0.2, 0) is 19.6 Å². The van der Waals surface area contributed by atoms with Crippen molar-refractivity contribution in [1.29, 1.82) is 0 Å². The Kier molecular flexibility index (Phi) is 6.74. The third kappa shape index (κ3) is 5.45. The van der Waals surface area contributed by atoms with Crippen LogP contribution < -0.4 is 14.8 Å². The van der Waals surface area contributed by atoms with Crippen LogP contribution in [0.1, 0.15) is 24.3 Å². The van der Waals surface area contributed by atoms with Crippen LogP contribution in [-0.4, -0.2) is 57.1 Å². The summed E-state index contributed by atoms with van der Waals surface area (Å²) in [7, 11) is -3.82. The first-order chi connectivity index (χ1) is 16.1. The number of sulfonamides is 1. The molecule has 0 aliphatic carbocycles. The number of carbonyl (C=O) groups is 1. The molecule has 0 spiro atoms. The molecule has 34 heavy (non-hydrogen) atoms. The maximum absolute atomic E-state index is 12.7. The van der Waals surface area contributed by atoms with E-state index < -0.39 is 53.6 Å². The van der Waals surface area contributed by atoms with Crippen LogP contribution in [0.25, 0.3) is 0 Å². The van der Waals surface area contributed by atoms with Gasteiger partial charge in [0.15, 0.2) is 0 Å². The van der Waals surface area contributed by atoms with Crippen molar-refractivity contribution in [2.75, 3.05) is 17.9 Å². The SMILES string of the molecule is O=C(C[C@@H]1C[C@H]2c3cc(NS(=O)(=O)c4ccccc4)ccc3O[C@H]2[C@H](CO)O1)NCC(F)(F)F. The third-order valence-electron chi connectivity index (χ3n) is 5.70. The fourth-order valence-corrected chi connectivity index (χ4v) is 5.31. The van der Waals surface area contributed by atoms with E-state index >= 15 is 0 Å². The van der Waals surface area contributed by atoms with E-state index in [1.54, 1.807) is 36.4 Å². The lowest BCUT2D eigenvalue weighted by atomic mass is 9.84. The average Bonchev–Trinajstić information content (AvgIpc) is 3.15. The van der Waals surface area contributed by atoms with E-state index in [2.05, 4.69) is 4.72 Å². The molecule has 0 bridgehead atoms. The molecule has 1 amide bonds. The number of fused-ring (bicyclic) bond motifs is 3. The zero-order chi connectivity index (χ0) is 24.5. The summed E-state index contributed by atoms with van der Waals surface area (Å²) in [5.41, 5.74) is 0.971. The minimum absolute atomic E-state index is 0.0981. The van der Waals surface area contributed by atoms with E-state index in [1.165, 1.54) is 12.1 Å². The Labute approximate surface area is 194 Å². The lowest BCUT2D eigenvalue weighted by molar-refractivity contribution is -0.149. The molecule has 1 saturated heterocycles. The first-order valence-corrected chi connectivity index (χ1v) is 12.0. The number of rotatable bonds is 7. The molecule has 2 aliphatic rings. The van der Waals surface area contributed by atoms with Gasteiger partial charge in [0.2, 0.25) is 5.91 Å². The van der Waals surface area contributed by atoms with Gasteiger partial charge in [-0.1, -0.05) is 18.2 Å². The molecule has 12 heteroatoms. The molecule has 2 aromatic rings. The minimum atomic E-state index is -4.52. The van der Waals surface area contributed by atoms with Gasteiger partial charge in [-0.15, -0.1) is 0 Å². The molecule has 0 aromatic heterocycles. The number of nitrogens with one attached hydrogen (secondary N) is 2. The van der Waals surface area contributed by atoms with Gasteiger partial charge in [0.25, 0.3) is 10.0 Å². The van der Waals surface area contributed by atoms with Crippen LogP contribution in [0.15, 0.2) is 53.4 Å². The van der Waals surface area contributed by atoms with Crippen LogP contribution >= 0.6 is 0 Å². The number of ether oxygens (including phenoxy) is 2. The minimum Gasteiger partial charge on any atom is -0.487 e. The van der Waals surface area contributed by atoms with E-state index in [9.17, 15) is 31.5 Å². The van der Waals surface area contributed by atoms with Gasteiger partial charge in [0, 0.05) is 17.2 Å². The Hall–Kier alpha value is -2.83. The number of hydrogen-bond acceptors (Lipinski definition) is 6. The van der Waals surface area contributed by atoms with Crippen molar-refractivity contribution in [3.8, 4) is 5.75 Å². The highest BCUT2D eigenvalue weighted by Crippen LogP contribution is 2.47. The van der Waals surface area contributed by atoms with Crippen molar-refractivity contribution >= 4 is 21.6 Å². The molecule has 2 heterocycles. The van der Waals surface area contributed by atoms with Crippen LogP contribution in [0.3, 0.4) is 0 Å². The Bertz CT molecular complexity index is 1140. The first kappa shape index (κ1) is 24.3. The molecule has 4 rings (SSSR count). The van der Waals surface area contributed by atoms with E-state index in [1.807, 2.05) is 5.32 Å². The van der Waals surface area contributed by atoms with Gasteiger partial charge in [0.05, 0.1) is 24.0 Å². The summed E-state index contributed by atoms with van der Waals surface area (Å²) in [5.74, 6) is -0.676. The van der Waals surface area contributed by atoms with Crippen molar-refractivity contribution in [2.24, 2.45) is 0 Å². The zero-order valence-electron chi connectivity index (χ0n) is 17.8. The van der Waals surface area contributed by atoms with E-state index in [4.69, 9.17) is 9.47 Å². The molecule has 184 valence electrons. The van der Waals surface area contributed by atoms with Crippen LogP contribution in [0.5, 0.6) is 5.75 Å². The van der Waals surface area contributed by atoms with Crippen molar-refractivity contribution < 1.29 is 41.0 Å². The summed E-state index contributed by atoms with van der Waals surface area (Å²) in [4.78, 5) is 12.1. The van der Waals surface area contributed by atoms with Gasteiger partial charge in [0.1, 0.15) is 24.5 Å². The quantitative estimate of drug-likeness (QED) is 0.539. The Morgan fingerprint density at radius 3 is 2.56 bits per heavy atom. The fourth-order valence-electron chi connectivity index (χ4n) is 4.24. The van der Waals surface area contributed by atoms with Crippen molar-refractivity contribution in [2.45, 2.75) is 48.1 Å². The molecule has 0 saturated carbocycles. The summed E-state index contributed by atoms with van der Waals surface area (Å²) in [6.45, 7) is -1.85. The molecule has 1 fully saturated rings. The summed E-state index contributed by atoms with van der Waals surface area (Å²) in [6, 6.07) is 12.6. The molecular weight excluding hydrogens is 477 g/mol. The van der Waals surface area contributed by atoms with Gasteiger partial charge in [-0.25, -0.2) is 8.42 Å². The molecule has 0 radical (unpaired) electrons. The van der Waals surface area contributed by atoms with Crippen LogP contribution in [0.4, 0.5) is 18.9 Å². The lowest BCUT2D eigenvalue weighted by Crippen LogP contribution is -2.47. The summed E-state index contributed by atoms with van der Waals surface area (Å²) < 4.78 is 76.6. The van der Waals surface area contributed by atoms with Gasteiger partial charge < -0.3 is 19.9 Å². The number of amides is 1. The number of aliphatic hydroxyl groups is 1. The smallest absolute Gasteiger partial charge is 0.405 e. The largest absolute Gasteiger partial charge is 0.487 e. The second-order valence-corrected chi connectivity index (χ2v) is 9.85. The number of carbonyl (C=O) groups excluding carboxylic acids is 1. The third-order valence-corrected chi connectivity index (χ3v) is 7.10. The van der Waals surface area contributed by atoms with E-state index in [0.717, 1.165) is 0 Å². The monoisotopic (exact) mass is 500 g/mol. The number of aliphatic hydroxyl groups excluding tert-OH is 1. The summed E-state index contributed by atoms with van der Waals surface area (Å²) >= 11 is 0. The molecule has 3 N–H and O–H groups in total. The topological polar surface area (TPSA) is 114 Å². The number of halogens is 3. The first-order valence-electron chi connectivity index (χ1n) is 10.5. The van der Waals surface area contributed by atoms with Gasteiger partial charge in [-0.3, -0.25) is 9.52 Å². The highest BCUT2D eigenvalue weighted by molar-refractivity contribution is 7.92. The summed E-state index contributed by atoms with van der Waals surface area (Å²) in [6.07, 6.45) is -6.70. The standard InChI is InChI=1S/C22H23F3N2O6S/c23-22(24,25)12-26-20(29)10-14-9-17-16-8-13(27-34(30,31)15-4-2-1-3-5-15)6-7-18(16)33-21(17)19(11-28)32-14/h1-8,14,17,19,21,27-28H,9-12H2,(H,26,29)/t14-,17-,19-,21+/m0/s1. The van der Waals surface area contributed by atoms with Crippen molar-refractivity contribution in [3.63, 3.8) is 0 Å². The fraction of sp³-hybridized carbons (Fsp3) is 0.409. The summed E-state index contributed by atoms with van der Waals surface area (Å²) in [5, 5.41) is 11.6. The molecule has 0 unspecified atom stereocenters. The second-order valence-electron chi connectivity index (χ2n) is 8.17. The predicted molar refractivity (Wildman–Crippen MR) is 115 cm³/mol. The van der Waals surface area contributed by atoms with E-state index in [0.29, 0.717) is 17.0 Å². The van der Waals surface area contributed by atoms with E-state index in [-0.39, 0.29) is 23.7 Å².